The summed E-state index contributed by atoms with van der Waals surface area (Å²) in [6, 6.07) is 7.75. The smallest absolute Gasteiger partial charge is 0.468 e. The van der Waals surface area contributed by atoms with Gasteiger partial charge in [0, 0.05) is 18.7 Å². The summed E-state index contributed by atoms with van der Waals surface area (Å²) in [5.41, 5.74) is 4.58. The molecule has 0 aliphatic carbocycles. The minimum atomic E-state index is -3.45. The van der Waals surface area contributed by atoms with Crippen molar-refractivity contribution in [3.05, 3.63) is 52.9 Å². The van der Waals surface area contributed by atoms with Gasteiger partial charge in [0.05, 0.1) is 33.4 Å². The third kappa shape index (κ3) is 10.3. The highest BCUT2D eigenvalue weighted by atomic mass is 33.1. The lowest BCUT2D eigenvalue weighted by atomic mass is 9.91. The van der Waals surface area contributed by atoms with E-state index >= 15 is 0 Å². The van der Waals surface area contributed by atoms with Gasteiger partial charge >= 0.3 is 6.16 Å². The van der Waals surface area contributed by atoms with E-state index < -0.39 is 61.8 Å². The molecule has 2 amide bonds. The van der Waals surface area contributed by atoms with Gasteiger partial charge < -0.3 is 29.0 Å². The van der Waals surface area contributed by atoms with Crippen LogP contribution in [0.2, 0.25) is 0 Å². The van der Waals surface area contributed by atoms with Crippen LogP contribution in [0.15, 0.2) is 40.4 Å². The van der Waals surface area contributed by atoms with Crippen LogP contribution >= 0.6 is 22.1 Å². The Morgan fingerprint density at radius 1 is 1.18 bits per heavy atom. The van der Waals surface area contributed by atoms with Crippen LogP contribution in [-0.4, -0.2) is 90.1 Å². The molecule has 1 fully saturated rings. The lowest BCUT2D eigenvalue weighted by Crippen LogP contribution is -2.48. The number of benzene rings is 1. The van der Waals surface area contributed by atoms with E-state index in [-0.39, 0.29) is 37.1 Å². The zero-order valence-corrected chi connectivity index (χ0v) is 32.2. The number of carbonyl (C=O) groups excluding carboxylic acids is 4. The first-order valence-electron chi connectivity index (χ1n) is 16.3. The number of amides is 2. The normalized spacial score (nSPS) is 18.2. The Balaban J connectivity index is 1.54. The van der Waals surface area contributed by atoms with Gasteiger partial charge in [-0.3, -0.25) is 14.4 Å². The number of thiazole rings is 1. The lowest BCUT2D eigenvalue weighted by Gasteiger charge is -2.29. The molecule has 3 heterocycles. The summed E-state index contributed by atoms with van der Waals surface area (Å²) in [5, 5.41) is 6.82. The molecule has 1 aliphatic heterocycles. The molecule has 51 heavy (non-hydrogen) atoms. The molecule has 1 aromatic carbocycles. The molecule has 278 valence electrons. The Bertz CT molecular complexity index is 1810. The van der Waals surface area contributed by atoms with E-state index in [1.165, 1.54) is 11.0 Å². The molecular formula is C34H44N4O10S3. The first-order valence-corrected chi connectivity index (χ1v) is 20.4. The van der Waals surface area contributed by atoms with Crippen molar-refractivity contribution >= 4 is 55.3 Å². The van der Waals surface area contributed by atoms with Crippen molar-refractivity contribution < 1.29 is 46.3 Å². The average molecular weight is 765 g/mol. The van der Waals surface area contributed by atoms with Gasteiger partial charge in [-0.25, -0.2) is 18.2 Å². The molecule has 1 aliphatic rings. The average Bonchev–Trinajstić information content (AvgIpc) is 3.79. The van der Waals surface area contributed by atoms with Crippen molar-refractivity contribution in [2.45, 2.75) is 89.8 Å². The number of aryl methyl sites for hydroxylation is 1. The Morgan fingerprint density at radius 2 is 1.86 bits per heavy atom. The molecule has 5 atom stereocenters. The maximum Gasteiger partial charge on any atom is 0.508 e. The van der Waals surface area contributed by atoms with Crippen LogP contribution in [0.3, 0.4) is 0 Å². The van der Waals surface area contributed by atoms with Gasteiger partial charge in [-0.2, -0.15) is 0 Å². The predicted molar refractivity (Wildman–Crippen MR) is 192 cm³/mol. The van der Waals surface area contributed by atoms with Crippen molar-refractivity contribution in [1.29, 1.82) is 0 Å². The highest BCUT2D eigenvalue weighted by Gasteiger charge is 2.46. The van der Waals surface area contributed by atoms with Crippen molar-refractivity contribution in [3.63, 3.8) is 0 Å². The number of carbonyl (C=O) groups is 4. The maximum atomic E-state index is 14.3. The van der Waals surface area contributed by atoms with Gasteiger partial charge in [0.1, 0.15) is 30.8 Å². The molecule has 14 nitrogen and oxygen atoms in total. The van der Waals surface area contributed by atoms with E-state index in [9.17, 15) is 27.6 Å². The van der Waals surface area contributed by atoms with Crippen LogP contribution in [0, 0.1) is 12.8 Å². The zero-order chi connectivity index (χ0) is 37.7. The predicted octanol–water partition coefficient (Wildman–Crippen LogP) is 5.28. The fraction of sp³-hybridized carbons (Fsp3) is 0.529. The largest absolute Gasteiger partial charge is 0.508 e. The number of nitrogens with one attached hydrogen (secondary N) is 1. The standard InChI is InChI=1S/C34H44N4O10S3/c1-19(2)29(27-16-28(37-48-27)45-14-13-39)32(41)38-17-25(47-33(42)46-22(5)34(6,7)50-51(8,43)44)15-26(38)31(40)36-20(3)23-9-11-24(12-10-23)30-21(4)35-18-49-30/h9-13,16,18-20,22,25-26,29H,14-15,17H2,1-8H3,(H,36,40)/t20-,22?,25+,26-,29?/m0/s1. The van der Waals surface area contributed by atoms with Gasteiger partial charge in [-0.1, -0.05) is 38.1 Å². The number of likely N-dealkylation sites (tertiary alicyclic amines) is 1. The van der Waals surface area contributed by atoms with Crippen LogP contribution in [0.5, 0.6) is 5.88 Å². The van der Waals surface area contributed by atoms with E-state index in [1.54, 1.807) is 37.6 Å². The van der Waals surface area contributed by atoms with Crippen molar-refractivity contribution in [2.24, 2.45) is 5.92 Å². The Morgan fingerprint density at radius 3 is 2.45 bits per heavy atom. The summed E-state index contributed by atoms with van der Waals surface area (Å²) in [6.07, 6.45) is -1.22. The highest BCUT2D eigenvalue weighted by Crippen LogP contribution is 2.36. The minimum Gasteiger partial charge on any atom is -0.468 e. The topological polar surface area (TPSA) is 184 Å². The molecule has 1 N–H and O–H groups in total. The summed E-state index contributed by atoms with van der Waals surface area (Å²) < 4.78 is 44.5. The number of aromatic nitrogens is 2. The van der Waals surface area contributed by atoms with Crippen LogP contribution in [-0.2, 0) is 32.7 Å². The van der Waals surface area contributed by atoms with Crippen LogP contribution in [0.1, 0.15) is 76.9 Å². The number of hydrogen-bond acceptors (Lipinski definition) is 14. The molecule has 1 saturated heterocycles. The van der Waals surface area contributed by atoms with Gasteiger partial charge in [-0.15, -0.1) is 11.3 Å². The van der Waals surface area contributed by atoms with Crippen LogP contribution in [0.25, 0.3) is 10.4 Å². The fourth-order valence-electron chi connectivity index (χ4n) is 5.70. The lowest BCUT2D eigenvalue weighted by molar-refractivity contribution is -0.141. The van der Waals surface area contributed by atoms with E-state index in [0.717, 1.165) is 28.0 Å². The number of hydrogen-bond donors (Lipinski definition) is 1. The summed E-state index contributed by atoms with van der Waals surface area (Å²) in [5.74, 6) is -1.89. The van der Waals surface area contributed by atoms with Crippen LogP contribution in [0.4, 0.5) is 4.79 Å². The molecule has 0 spiro atoms. The summed E-state index contributed by atoms with van der Waals surface area (Å²) in [7, 11) is -2.78. The van der Waals surface area contributed by atoms with Gasteiger partial charge in [0.15, 0.2) is 20.9 Å². The third-order valence-electron chi connectivity index (χ3n) is 8.55. The SMILES string of the molecule is Cc1ncsc1-c1ccc([C@H](C)NC(=O)[C@@H]2C[C@@H](OC(=O)OC(C)C(C)(C)SS(C)(=O)=O)CN2C(=O)C(c2cc(OCC=O)no2)C(C)C)cc1. The van der Waals surface area contributed by atoms with E-state index in [1.807, 2.05) is 52.0 Å². The summed E-state index contributed by atoms with van der Waals surface area (Å²) in [4.78, 5) is 58.6. The second kappa shape index (κ2) is 16.6. The van der Waals surface area contributed by atoms with E-state index in [4.69, 9.17) is 18.7 Å². The number of ether oxygens (including phenoxy) is 3. The van der Waals surface area contributed by atoms with Crippen molar-refractivity contribution in [1.82, 2.24) is 20.4 Å². The van der Waals surface area contributed by atoms with Crippen LogP contribution < -0.4 is 10.1 Å². The molecule has 4 rings (SSSR count). The number of nitrogens with zero attached hydrogens (tertiary/aromatic N) is 3. The quantitative estimate of drug-likeness (QED) is 0.120. The molecule has 0 bridgehead atoms. The fourth-order valence-corrected chi connectivity index (χ4v) is 10.2. The second-order valence-electron chi connectivity index (χ2n) is 13.3. The highest BCUT2D eigenvalue weighted by molar-refractivity contribution is 8.72. The maximum absolute atomic E-state index is 14.3. The first-order chi connectivity index (χ1) is 23.9. The summed E-state index contributed by atoms with van der Waals surface area (Å²) >= 11 is 1.55. The molecular weight excluding hydrogens is 721 g/mol. The molecule has 17 heteroatoms. The van der Waals surface area contributed by atoms with Gasteiger partial charge in [0.25, 0.3) is 5.88 Å². The molecule has 2 aromatic heterocycles. The first kappa shape index (κ1) is 39.8. The molecule has 0 radical (unpaired) electrons. The molecule has 2 unspecified atom stereocenters. The van der Waals surface area contributed by atoms with Gasteiger partial charge in [0.2, 0.25) is 11.8 Å². The van der Waals surface area contributed by atoms with E-state index in [0.29, 0.717) is 17.1 Å². The minimum absolute atomic E-state index is 0.0201. The number of aldehydes is 1. The zero-order valence-electron chi connectivity index (χ0n) is 29.8. The third-order valence-corrected chi connectivity index (χ3v) is 12.8. The van der Waals surface area contributed by atoms with Gasteiger partial charge in [-0.05, 0) is 67.6 Å². The monoisotopic (exact) mass is 764 g/mol. The van der Waals surface area contributed by atoms with E-state index in [2.05, 4.69) is 15.5 Å². The van der Waals surface area contributed by atoms with Crippen molar-refractivity contribution in [2.75, 3.05) is 19.4 Å². The summed E-state index contributed by atoms with van der Waals surface area (Å²) in [6.45, 7) is 11.9. The Hall–Kier alpha value is -3.96. The second-order valence-corrected chi connectivity index (χ2v) is 19.1. The molecule has 0 saturated carbocycles. The Labute approximate surface area is 305 Å². The Kier molecular flexibility index (Phi) is 13.0. The van der Waals surface area contributed by atoms with Crippen molar-refractivity contribution in [3.8, 4) is 16.3 Å². The molecule has 3 aromatic rings. The number of rotatable bonds is 15.